The maximum Gasteiger partial charge on any atom is 0.297 e. The molecule has 2 rings (SSSR count). The lowest BCUT2D eigenvalue weighted by atomic mass is 10.4. The van der Waals surface area contributed by atoms with E-state index in [1.807, 2.05) is 0 Å². The predicted molar refractivity (Wildman–Crippen MR) is 42.4 cm³/mol. The van der Waals surface area contributed by atoms with Gasteiger partial charge in [-0.2, -0.15) is 0 Å². The van der Waals surface area contributed by atoms with Crippen molar-refractivity contribution in [2.24, 2.45) is 0 Å². The van der Waals surface area contributed by atoms with E-state index in [1.165, 1.54) is 22.7 Å². The average molecular weight is 184 g/mol. The molecule has 0 radical (unpaired) electrons. The van der Waals surface area contributed by atoms with Crippen LogP contribution in [0.3, 0.4) is 0 Å². The molecule has 4 nitrogen and oxygen atoms in total. The van der Waals surface area contributed by atoms with E-state index in [0.717, 1.165) is 0 Å². The molecule has 0 aliphatic rings. The van der Waals surface area contributed by atoms with Crippen molar-refractivity contribution in [2.75, 3.05) is 5.73 Å². The van der Waals surface area contributed by atoms with Crippen molar-refractivity contribution in [1.29, 1.82) is 0 Å². The van der Waals surface area contributed by atoms with Crippen LogP contribution in [0.25, 0.3) is 5.65 Å². The molecule has 2 heterocycles. The largest absolute Gasteiger partial charge is 0.399 e. The van der Waals surface area contributed by atoms with Crippen molar-refractivity contribution in [3.8, 4) is 0 Å². The number of nitrogen functional groups attached to an aromatic ring is 1. The van der Waals surface area contributed by atoms with Crippen molar-refractivity contribution in [3.63, 3.8) is 0 Å². The monoisotopic (exact) mass is 184 g/mol. The van der Waals surface area contributed by atoms with Crippen LogP contribution in [0, 0.1) is 0 Å². The van der Waals surface area contributed by atoms with Gasteiger partial charge in [-0.1, -0.05) is 0 Å². The van der Waals surface area contributed by atoms with Gasteiger partial charge >= 0.3 is 0 Å². The summed E-state index contributed by atoms with van der Waals surface area (Å²) in [6.07, 6.45) is -1.20. The molecule has 0 fully saturated rings. The highest BCUT2D eigenvalue weighted by Crippen LogP contribution is 2.18. The van der Waals surface area contributed by atoms with E-state index in [2.05, 4.69) is 10.2 Å². The maximum absolute atomic E-state index is 12.3. The molecule has 0 aliphatic heterocycles. The second kappa shape index (κ2) is 2.65. The molecule has 0 aliphatic carbocycles. The third kappa shape index (κ3) is 1.20. The Bertz CT molecular complexity index is 437. The number of anilines is 1. The first-order valence-electron chi connectivity index (χ1n) is 3.57. The van der Waals surface area contributed by atoms with E-state index in [0.29, 0.717) is 11.3 Å². The number of hydrogen-bond donors (Lipinski definition) is 1. The number of fused-ring (bicyclic) bond motifs is 1. The minimum atomic E-state index is -2.63. The summed E-state index contributed by atoms with van der Waals surface area (Å²) in [6, 6.07) is 3.00. The lowest BCUT2D eigenvalue weighted by molar-refractivity contribution is 0.139. The fraction of sp³-hybridized carbons (Fsp3) is 0.143. The van der Waals surface area contributed by atoms with Gasteiger partial charge in [-0.3, -0.25) is 4.40 Å². The molecule has 2 aromatic rings. The number of nitrogens with zero attached hydrogens (tertiary/aromatic N) is 3. The Morgan fingerprint density at radius 3 is 2.85 bits per heavy atom. The first kappa shape index (κ1) is 7.90. The Hall–Kier alpha value is -1.72. The van der Waals surface area contributed by atoms with Gasteiger partial charge in [0.1, 0.15) is 0 Å². The van der Waals surface area contributed by atoms with Gasteiger partial charge in [0.15, 0.2) is 5.65 Å². The second-order valence-electron chi connectivity index (χ2n) is 2.55. The minimum Gasteiger partial charge on any atom is -0.399 e. The summed E-state index contributed by atoms with van der Waals surface area (Å²) in [7, 11) is 0. The fourth-order valence-electron chi connectivity index (χ4n) is 1.07. The Morgan fingerprint density at radius 2 is 2.15 bits per heavy atom. The molecule has 0 spiro atoms. The Morgan fingerprint density at radius 1 is 1.38 bits per heavy atom. The van der Waals surface area contributed by atoms with Crippen LogP contribution >= 0.6 is 0 Å². The number of alkyl halides is 2. The van der Waals surface area contributed by atoms with Crippen molar-refractivity contribution >= 4 is 11.3 Å². The third-order valence-electron chi connectivity index (χ3n) is 1.66. The zero-order chi connectivity index (χ0) is 9.42. The van der Waals surface area contributed by atoms with Crippen molar-refractivity contribution < 1.29 is 8.78 Å². The van der Waals surface area contributed by atoms with Crippen LogP contribution < -0.4 is 5.73 Å². The number of nitrogens with two attached hydrogens (primary N) is 1. The highest BCUT2D eigenvalue weighted by molar-refractivity contribution is 5.51. The molecule has 2 N–H and O–H groups in total. The smallest absolute Gasteiger partial charge is 0.297 e. The average Bonchev–Trinajstić information content (AvgIpc) is 2.46. The van der Waals surface area contributed by atoms with Crippen molar-refractivity contribution in [2.45, 2.75) is 6.43 Å². The molecular weight excluding hydrogens is 178 g/mol. The first-order valence-corrected chi connectivity index (χ1v) is 3.57. The molecule has 0 saturated heterocycles. The molecule has 0 bridgehead atoms. The number of halogens is 2. The zero-order valence-corrected chi connectivity index (χ0v) is 6.48. The number of hydrogen-bond acceptors (Lipinski definition) is 3. The van der Waals surface area contributed by atoms with E-state index in [1.54, 1.807) is 0 Å². The van der Waals surface area contributed by atoms with Crippen LogP contribution in [-0.2, 0) is 0 Å². The van der Waals surface area contributed by atoms with E-state index < -0.39 is 6.43 Å². The van der Waals surface area contributed by atoms with Gasteiger partial charge in [0.25, 0.3) is 6.43 Å². The van der Waals surface area contributed by atoms with Gasteiger partial charge in [0.2, 0.25) is 5.82 Å². The molecule has 68 valence electrons. The normalized spacial score (nSPS) is 11.3. The van der Waals surface area contributed by atoms with Gasteiger partial charge in [0.05, 0.1) is 0 Å². The van der Waals surface area contributed by atoms with Gasteiger partial charge in [-0.25, -0.2) is 8.78 Å². The van der Waals surface area contributed by atoms with Crippen LogP contribution in [0.15, 0.2) is 18.3 Å². The summed E-state index contributed by atoms with van der Waals surface area (Å²) in [4.78, 5) is 0. The number of pyridine rings is 1. The number of aromatic nitrogens is 3. The third-order valence-corrected chi connectivity index (χ3v) is 1.66. The van der Waals surface area contributed by atoms with Gasteiger partial charge < -0.3 is 5.73 Å². The van der Waals surface area contributed by atoms with Crippen LogP contribution in [-0.4, -0.2) is 14.6 Å². The summed E-state index contributed by atoms with van der Waals surface area (Å²) >= 11 is 0. The van der Waals surface area contributed by atoms with E-state index in [4.69, 9.17) is 5.73 Å². The van der Waals surface area contributed by atoms with Crippen LogP contribution in [0.2, 0.25) is 0 Å². The van der Waals surface area contributed by atoms with Gasteiger partial charge in [-0.15, -0.1) is 10.2 Å². The molecule has 0 amide bonds. The Labute approximate surface area is 72.0 Å². The van der Waals surface area contributed by atoms with Crippen molar-refractivity contribution in [3.05, 3.63) is 24.2 Å². The molecule has 0 atom stereocenters. The van der Waals surface area contributed by atoms with E-state index in [9.17, 15) is 8.78 Å². The van der Waals surface area contributed by atoms with Crippen LogP contribution in [0.1, 0.15) is 12.2 Å². The fourth-order valence-corrected chi connectivity index (χ4v) is 1.07. The molecule has 0 unspecified atom stereocenters. The summed E-state index contributed by atoms with van der Waals surface area (Å²) in [6.45, 7) is 0. The maximum atomic E-state index is 12.3. The summed E-state index contributed by atoms with van der Waals surface area (Å²) < 4.78 is 25.8. The Kier molecular flexibility index (Phi) is 1.61. The highest BCUT2D eigenvalue weighted by Gasteiger charge is 2.14. The first-order chi connectivity index (χ1) is 6.18. The Balaban J connectivity index is 2.69. The topological polar surface area (TPSA) is 56.2 Å². The summed E-state index contributed by atoms with van der Waals surface area (Å²) in [5.74, 6) is -0.366. The predicted octanol–water partition coefficient (Wildman–Crippen LogP) is 1.25. The standard InChI is InChI=1S/C7H6F2N4/c8-6(9)7-12-11-5-3-4(10)1-2-13(5)7/h1-3,6H,10H2. The van der Waals surface area contributed by atoms with E-state index in [-0.39, 0.29) is 5.82 Å². The molecule has 2 aromatic heterocycles. The second-order valence-corrected chi connectivity index (χ2v) is 2.55. The van der Waals surface area contributed by atoms with E-state index >= 15 is 0 Å². The van der Waals surface area contributed by atoms with Gasteiger partial charge in [0, 0.05) is 18.0 Å². The van der Waals surface area contributed by atoms with Crippen LogP contribution in [0.5, 0.6) is 0 Å². The SMILES string of the molecule is Nc1ccn2c(C(F)F)nnc2c1. The molecule has 13 heavy (non-hydrogen) atoms. The van der Waals surface area contributed by atoms with Gasteiger partial charge in [-0.05, 0) is 6.07 Å². The van der Waals surface area contributed by atoms with Crippen LogP contribution in [0.4, 0.5) is 14.5 Å². The molecule has 0 aromatic carbocycles. The number of rotatable bonds is 1. The highest BCUT2D eigenvalue weighted by atomic mass is 19.3. The molecular formula is C7H6F2N4. The lowest BCUT2D eigenvalue weighted by Crippen LogP contribution is -1.95. The summed E-state index contributed by atoms with van der Waals surface area (Å²) in [5.41, 5.74) is 6.24. The molecule has 6 heteroatoms. The summed E-state index contributed by atoms with van der Waals surface area (Å²) in [5, 5.41) is 6.90. The molecule has 0 saturated carbocycles. The quantitative estimate of drug-likeness (QED) is 0.725. The minimum absolute atomic E-state index is 0.329. The van der Waals surface area contributed by atoms with Crippen molar-refractivity contribution in [1.82, 2.24) is 14.6 Å². The zero-order valence-electron chi connectivity index (χ0n) is 6.48. The lowest BCUT2D eigenvalue weighted by Gasteiger charge is -1.97.